The first kappa shape index (κ1) is 17.4. The van der Waals surface area contributed by atoms with Crippen LogP contribution in [0.25, 0.3) is 11.3 Å². The second-order valence-corrected chi connectivity index (χ2v) is 6.67. The molecule has 3 aromatic rings. The highest BCUT2D eigenvalue weighted by Crippen LogP contribution is 2.20. The molecule has 0 saturated heterocycles. The predicted molar refractivity (Wildman–Crippen MR) is 103 cm³/mol. The average molecular weight is 418 g/mol. The lowest BCUT2D eigenvalue weighted by atomic mass is 10.1. The van der Waals surface area contributed by atoms with Crippen LogP contribution in [0.2, 0.25) is 5.02 Å². The summed E-state index contributed by atoms with van der Waals surface area (Å²) in [4.78, 5) is 12.2. The monoisotopic (exact) mass is 416 g/mol. The zero-order chi connectivity index (χ0) is 17.8. The summed E-state index contributed by atoms with van der Waals surface area (Å²) in [6.45, 7) is 1.81. The first-order valence-corrected chi connectivity index (χ1v) is 8.62. The molecule has 0 fully saturated rings. The van der Waals surface area contributed by atoms with Gasteiger partial charge < -0.3 is 0 Å². The van der Waals surface area contributed by atoms with E-state index in [1.54, 1.807) is 18.2 Å². The number of carbonyl (C=O) groups excluding carboxylic acids is 1. The molecule has 3 rings (SSSR count). The quantitative estimate of drug-likeness (QED) is 0.479. The molecule has 1 heterocycles. The number of nitrogens with zero attached hydrogens (tertiary/aromatic N) is 2. The third-order valence-corrected chi connectivity index (χ3v) is 4.33. The predicted octanol–water partition coefficient (Wildman–Crippen LogP) is 4.65. The number of nitrogens with one attached hydrogen (secondary N) is 2. The number of H-pyrrole nitrogens is 1. The van der Waals surface area contributed by atoms with Crippen molar-refractivity contribution in [2.45, 2.75) is 6.92 Å². The van der Waals surface area contributed by atoms with E-state index in [9.17, 15) is 4.79 Å². The van der Waals surface area contributed by atoms with Crippen molar-refractivity contribution in [3.63, 3.8) is 0 Å². The van der Waals surface area contributed by atoms with Gasteiger partial charge in [0, 0.05) is 15.1 Å². The van der Waals surface area contributed by atoms with Crippen molar-refractivity contribution in [3.8, 4) is 11.3 Å². The van der Waals surface area contributed by atoms with Crippen LogP contribution in [0.5, 0.6) is 0 Å². The van der Waals surface area contributed by atoms with Crippen LogP contribution >= 0.6 is 27.5 Å². The molecule has 2 N–H and O–H groups in total. The Morgan fingerprint density at radius 1 is 1.16 bits per heavy atom. The maximum Gasteiger partial charge on any atom is 0.289 e. The number of hydrazone groups is 1. The lowest BCUT2D eigenvalue weighted by Crippen LogP contribution is -2.19. The Labute approximate surface area is 158 Å². The Morgan fingerprint density at radius 3 is 2.52 bits per heavy atom. The van der Waals surface area contributed by atoms with Gasteiger partial charge in [0.2, 0.25) is 0 Å². The van der Waals surface area contributed by atoms with Crippen LogP contribution < -0.4 is 5.43 Å². The maximum atomic E-state index is 12.2. The molecule has 1 aromatic heterocycles. The zero-order valence-electron chi connectivity index (χ0n) is 13.3. The largest absolute Gasteiger partial charge is 0.289 e. The second kappa shape index (κ2) is 7.63. The Hall–Kier alpha value is -2.44. The maximum absolute atomic E-state index is 12.2. The van der Waals surface area contributed by atoms with Gasteiger partial charge in [0.05, 0.1) is 11.4 Å². The van der Waals surface area contributed by atoms with E-state index in [0.29, 0.717) is 22.1 Å². The van der Waals surface area contributed by atoms with Gasteiger partial charge in [-0.15, -0.1) is 0 Å². The van der Waals surface area contributed by atoms with Crippen LogP contribution in [0, 0.1) is 0 Å². The Morgan fingerprint density at radius 2 is 1.84 bits per heavy atom. The third-order valence-electron chi connectivity index (χ3n) is 3.55. The number of aromatic amines is 1. The molecule has 0 aliphatic heterocycles. The van der Waals surface area contributed by atoms with Crippen LogP contribution in [0.15, 0.2) is 64.2 Å². The molecular weight excluding hydrogens is 404 g/mol. The average Bonchev–Trinajstić information content (AvgIpc) is 3.11. The lowest BCUT2D eigenvalue weighted by Gasteiger charge is -2.02. The van der Waals surface area contributed by atoms with Crippen LogP contribution in [0.3, 0.4) is 0 Å². The number of hydrogen-bond donors (Lipinski definition) is 2. The fraction of sp³-hybridized carbons (Fsp3) is 0.0556. The molecule has 0 aliphatic carbocycles. The number of amides is 1. The second-order valence-electron chi connectivity index (χ2n) is 5.32. The number of aromatic nitrogens is 2. The van der Waals surface area contributed by atoms with Gasteiger partial charge in [0.15, 0.2) is 0 Å². The van der Waals surface area contributed by atoms with Gasteiger partial charge in [0.1, 0.15) is 5.69 Å². The molecule has 0 radical (unpaired) electrons. The van der Waals surface area contributed by atoms with Crippen LogP contribution in [-0.4, -0.2) is 21.8 Å². The molecule has 0 unspecified atom stereocenters. The Bertz CT molecular complexity index is 917. The summed E-state index contributed by atoms with van der Waals surface area (Å²) in [5, 5.41) is 11.7. The summed E-state index contributed by atoms with van der Waals surface area (Å²) < 4.78 is 0.983. The van der Waals surface area contributed by atoms with Crippen molar-refractivity contribution < 1.29 is 4.79 Å². The van der Waals surface area contributed by atoms with E-state index >= 15 is 0 Å². The molecule has 126 valence electrons. The van der Waals surface area contributed by atoms with E-state index in [-0.39, 0.29) is 5.91 Å². The van der Waals surface area contributed by atoms with Crippen molar-refractivity contribution in [1.82, 2.24) is 15.6 Å². The third kappa shape index (κ3) is 4.35. The fourth-order valence-corrected chi connectivity index (χ4v) is 2.55. The smallest absolute Gasteiger partial charge is 0.272 e. The summed E-state index contributed by atoms with van der Waals surface area (Å²) in [5.74, 6) is -0.357. The molecular formula is C18H14BrClN4O. The number of carbonyl (C=O) groups is 1. The minimum atomic E-state index is -0.357. The highest BCUT2D eigenvalue weighted by atomic mass is 79.9. The van der Waals surface area contributed by atoms with Crippen molar-refractivity contribution in [1.29, 1.82) is 0 Å². The highest BCUT2D eigenvalue weighted by molar-refractivity contribution is 9.10. The molecule has 1 amide bonds. The number of rotatable bonds is 4. The summed E-state index contributed by atoms with van der Waals surface area (Å²) >= 11 is 9.25. The van der Waals surface area contributed by atoms with E-state index in [2.05, 4.69) is 36.7 Å². The summed E-state index contributed by atoms with van der Waals surface area (Å²) in [6, 6.07) is 16.6. The van der Waals surface area contributed by atoms with Gasteiger partial charge in [-0.25, -0.2) is 5.43 Å². The first-order chi connectivity index (χ1) is 12.0. The fourth-order valence-electron chi connectivity index (χ4n) is 2.16. The number of halogens is 2. The van der Waals surface area contributed by atoms with Gasteiger partial charge in [-0.3, -0.25) is 9.89 Å². The van der Waals surface area contributed by atoms with E-state index < -0.39 is 0 Å². The van der Waals surface area contributed by atoms with Gasteiger partial charge in [-0.2, -0.15) is 10.2 Å². The summed E-state index contributed by atoms with van der Waals surface area (Å²) in [7, 11) is 0. The normalized spacial score (nSPS) is 11.4. The van der Waals surface area contributed by atoms with Crippen molar-refractivity contribution in [2.75, 3.05) is 0 Å². The van der Waals surface area contributed by atoms with Crippen molar-refractivity contribution in [2.24, 2.45) is 5.10 Å². The molecule has 0 aliphatic rings. The Kier molecular flexibility index (Phi) is 5.31. The van der Waals surface area contributed by atoms with Crippen LogP contribution in [0.4, 0.5) is 0 Å². The molecule has 5 nitrogen and oxygen atoms in total. The summed E-state index contributed by atoms with van der Waals surface area (Å²) in [5.41, 5.74) is 6.03. The lowest BCUT2D eigenvalue weighted by molar-refractivity contribution is 0.0950. The Balaban J connectivity index is 1.70. The molecule has 25 heavy (non-hydrogen) atoms. The van der Waals surface area contributed by atoms with Gasteiger partial charge in [0.25, 0.3) is 5.91 Å². The molecule has 0 saturated carbocycles. The minimum Gasteiger partial charge on any atom is -0.272 e. The molecule has 0 atom stereocenters. The van der Waals surface area contributed by atoms with Gasteiger partial charge in [-0.05, 0) is 42.8 Å². The van der Waals surface area contributed by atoms with Crippen molar-refractivity contribution >= 4 is 39.1 Å². The topological polar surface area (TPSA) is 70.1 Å². The molecule has 7 heteroatoms. The zero-order valence-corrected chi connectivity index (χ0v) is 15.6. The summed E-state index contributed by atoms with van der Waals surface area (Å²) in [6.07, 6.45) is 0. The molecule has 0 bridgehead atoms. The SMILES string of the molecule is C/C(=N\NC(=O)c1cc(-c2ccc(Br)cc2)n[nH]1)c1ccc(Cl)cc1. The first-order valence-electron chi connectivity index (χ1n) is 7.45. The van der Waals surface area contributed by atoms with Crippen LogP contribution in [0.1, 0.15) is 23.0 Å². The highest BCUT2D eigenvalue weighted by Gasteiger charge is 2.10. The minimum absolute atomic E-state index is 0.338. The van der Waals surface area contributed by atoms with E-state index in [4.69, 9.17) is 11.6 Å². The standard InChI is InChI=1S/C18H14BrClN4O/c1-11(12-4-8-15(20)9-5-12)21-24-18(25)17-10-16(22-23-17)13-2-6-14(19)7-3-13/h2-10H,1H3,(H,22,23)(H,24,25)/b21-11+. The van der Waals surface area contributed by atoms with Crippen molar-refractivity contribution in [3.05, 3.63) is 75.4 Å². The van der Waals surface area contributed by atoms with Crippen LogP contribution in [-0.2, 0) is 0 Å². The number of benzene rings is 2. The van der Waals surface area contributed by atoms with Gasteiger partial charge in [-0.1, -0.05) is 51.8 Å². The van der Waals surface area contributed by atoms with E-state index in [1.807, 2.05) is 43.3 Å². The number of hydrogen-bond acceptors (Lipinski definition) is 3. The van der Waals surface area contributed by atoms with E-state index in [0.717, 1.165) is 15.6 Å². The molecule has 2 aromatic carbocycles. The molecule has 0 spiro atoms. The van der Waals surface area contributed by atoms with Gasteiger partial charge >= 0.3 is 0 Å². The van der Waals surface area contributed by atoms with E-state index in [1.165, 1.54) is 0 Å².